The number of hydrogen-bond donors (Lipinski definition) is 3. The summed E-state index contributed by atoms with van der Waals surface area (Å²) in [5, 5.41) is 10.4. The maximum absolute atomic E-state index is 15.0. The lowest BCUT2D eigenvalue weighted by molar-refractivity contribution is -0.158. The number of ether oxygens (including phenoxy) is 2. The van der Waals surface area contributed by atoms with E-state index in [1.54, 1.807) is 24.2 Å². The number of thiazole rings is 1. The van der Waals surface area contributed by atoms with Gasteiger partial charge < -0.3 is 30.7 Å². The van der Waals surface area contributed by atoms with Gasteiger partial charge in [-0.25, -0.2) is 14.6 Å². The molecule has 18 heteroatoms. The van der Waals surface area contributed by atoms with Crippen LogP contribution >= 0.6 is 46.5 Å². The summed E-state index contributed by atoms with van der Waals surface area (Å²) in [6, 6.07) is 47.5. The van der Waals surface area contributed by atoms with Crippen LogP contribution in [0.1, 0.15) is 78.8 Å². The lowest BCUT2D eigenvalue weighted by Crippen LogP contribution is -2.72. The van der Waals surface area contributed by atoms with Gasteiger partial charge >= 0.3 is 12.1 Å². The average Bonchev–Trinajstić information content (AvgIpc) is 3.79. The Bertz CT molecular complexity index is 3100. The predicted octanol–water partition coefficient (Wildman–Crippen LogP) is 11.1. The highest BCUT2D eigenvalue weighted by molar-refractivity contribution is 8.03. The van der Waals surface area contributed by atoms with Crippen molar-refractivity contribution in [1.29, 1.82) is 0 Å². The molecule has 1 unspecified atom stereocenters. The number of thioether (sulfide) groups is 2. The first kappa shape index (κ1) is 53.4. The maximum atomic E-state index is 15.0. The molecule has 0 spiro atoms. The van der Waals surface area contributed by atoms with E-state index in [2.05, 4.69) is 25.8 Å². The number of rotatable bonds is 19. The zero-order valence-electron chi connectivity index (χ0n) is 41.8. The van der Waals surface area contributed by atoms with E-state index in [1.165, 1.54) is 16.7 Å². The molecule has 76 heavy (non-hydrogen) atoms. The molecule has 0 aliphatic carbocycles. The molecule has 0 bridgehead atoms. The number of oxime groups is 1. The molecule has 0 radical (unpaired) electrons. The number of nitrogen functional groups attached to an aromatic ring is 1. The Morgan fingerprint density at radius 2 is 1.41 bits per heavy atom. The van der Waals surface area contributed by atoms with Gasteiger partial charge in [-0.2, -0.15) is 11.8 Å². The number of nitrogens with zero attached hydrogens (tertiary/aromatic N) is 4. The molecule has 1 saturated heterocycles. The summed E-state index contributed by atoms with van der Waals surface area (Å²) in [6.07, 6.45) is 2.90. The molecule has 14 nitrogen and oxygen atoms in total. The number of nitrogens with one attached hydrogen (secondary N) is 2. The van der Waals surface area contributed by atoms with Crippen molar-refractivity contribution in [3.05, 3.63) is 224 Å². The third-order valence-corrected chi connectivity index (χ3v) is 15.8. The molecule has 7 aromatic rings. The molecule has 0 saturated carbocycles. The second-order valence-electron chi connectivity index (χ2n) is 18.7. The lowest BCUT2D eigenvalue weighted by atomic mass is 9.80. The summed E-state index contributed by atoms with van der Waals surface area (Å²) < 4.78 is 11.9. The average molecular weight is 1090 g/mol. The number of anilines is 1. The third kappa shape index (κ3) is 12.1. The number of esters is 1. The van der Waals surface area contributed by atoms with Gasteiger partial charge in [0.25, 0.3) is 11.8 Å². The van der Waals surface area contributed by atoms with E-state index in [4.69, 9.17) is 31.6 Å². The van der Waals surface area contributed by atoms with E-state index in [1.807, 2.05) is 178 Å². The number of carbonyl (C=O) groups excluding carboxylic acids is 4. The number of nitrogens with two attached hydrogens (primary N) is 1. The highest BCUT2D eigenvalue weighted by Crippen LogP contribution is 2.46. The number of β-lactam (4-membered cyclic amide) rings is 1. The second kappa shape index (κ2) is 24.0. The van der Waals surface area contributed by atoms with Crippen molar-refractivity contribution >= 4 is 81.2 Å². The summed E-state index contributed by atoms with van der Waals surface area (Å²) in [5.74, 6) is -0.882. The Morgan fingerprint density at radius 3 is 1.95 bits per heavy atom. The minimum Gasteiger partial charge on any atom is -0.448 e. The van der Waals surface area contributed by atoms with E-state index >= 15 is 4.79 Å². The van der Waals surface area contributed by atoms with Crippen LogP contribution in [0.4, 0.5) is 9.93 Å². The van der Waals surface area contributed by atoms with E-state index in [0.29, 0.717) is 35.8 Å². The molecular weight excluding hydrogens is 1040 g/mol. The highest BCUT2D eigenvalue weighted by Gasteiger charge is 2.54. The molecule has 4 N–H and O–H groups in total. The van der Waals surface area contributed by atoms with Gasteiger partial charge in [-0.15, -0.1) is 0 Å². The first-order chi connectivity index (χ1) is 36.8. The topological polar surface area (TPSA) is 187 Å². The normalized spacial score (nSPS) is 15.6. The van der Waals surface area contributed by atoms with Crippen molar-refractivity contribution in [2.45, 2.75) is 73.7 Å². The summed E-state index contributed by atoms with van der Waals surface area (Å²) in [4.78, 5) is 75.5. The predicted molar refractivity (Wildman–Crippen MR) is 299 cm³/mol. The van der Waals surface area contributed by atoms with Gasteiger partial charge in [0.15, 0.2) is 16.9 Å². The van der Waals surface area contributed by atoms with Gasteiger partial charge in [0.2, 0.25) is 5.60 Å². The largest absolute Gasteiger partial charge is 0.448 e. The SMILES string of the molecule is CC(C)(C)OC(=O)NCCSCc1cnccc1SC1=C(C(=O)OC(c2ccccc2)c2ccccc2)N2C(=O)[C@H](NC(=O)/C(=N/OC(c3ccccc3)(c3ccccc3)c3ccccc3)c3nc(N)sc3Cl)C2CC1. The van der Waals surface area contributed by atoms with E-state index in [9.17, 15) is 14.4 Å². The Morgan fingerprint density at radius 1 is 0.842 bits per heavy atom. The van der Waals surface area contributed by atoms with Crippen LogP contribution in [0.5, 0.6) is 0 Å². The summed E-state index contributed by atoms with van der Waals surface area (Å²) in [5.41, 5.74) is 8.47. The van der Waals surface area contributed by atoms with Crippen LogP contribution in [0.25, 0.3) is 0 Å². The van der Waals surface area contributed by atoms with Crippen molar-refractivity contribution in [3.63, 3.8) is 0 Å². The maximum Gasteiger partial charge on any atom is 0.407 e. The highest BCUT2D eigenvalue weighted by atomic mass is 35.5. The summed E-state index contributed by atoms with van der Waals surface area (Å²) in [6.45, 7) is 5.83. The number of pyridine rings is 1. The Balaban J connectivity index is 1.03. The van der Waals surface area contributed by atoms with Gasteiger partial charge in [0, 0.05) is 56.9 Å². The lowest BCUT2D eigenvalue weighted by Gasteiger charge is -2.50. The van der Waals surface area contributed by atoms with E-state index < -0.39 is 53.3 Å². The summed E-state index contributed by atoms with van der Waals surface area (Å²) in [7, 11) is 0. The molecule has 2 atom stereocenters. The van der Waals surface area contributed by atoms with Crippen molar-refractivity contribution in [2.75, 3.05) is 18.0 Å². The monoisotopic (exact) mass is 1090 g/mol. The molecule has 388 valence electrons. The van der Waals surface area contributed by atoms with Crippen LogP contribution < -0.4 is 16.4 Å². The number of allylic oxidation sites excluding steroid dienone is 1. The molecular formula is C58H54ClN7O7S3. The van der Waals surface area contributed by atoms with Gasteiger partial charge in [0.1, 0.15) is 27.4 Å². The summed E-state index contributed by atoms with van der Waals surface area (Å²) >= 11 is 10.7. The number of fused-ring (bicyclic) bond motifs is 1. The molecule has 2 aliphatic rings. The van der Waals surface area contributed by atoms with Crippen molar-refractivity contribution in [3.8, 4) is 0 Å². The van der Waals surface area contributed by atoms with Crippen LogP contribution in [-0.2, 0) is 40.0 Å². The fourth-order valence-corrected chi connectivity index (χ4v) is 12.0. The van der Waals surface area contributed by atoms with Crippen molar-refractivity contribution in [1.82, 2.24) is 25.5 Å². The van der Waals surface area contributed by atoms with Gasteiger partial charge in [0.05, 0.1) is 6.04 Å². The number of amides is 3. The molecule has 2 aromatic heterocycles. The molecule has 9 rings (SSSR count). The van der Waals surface area contributed by atoms with Crippen LogP contribution in [0.2, 0.25) is 4.34 Å². The Labute approximate surface area is 458 Å². The van der Waals surface area contributed by atoms with Crippen LogP contribution in [0.3, 0.4) is 0 Å². The van der Waals surface area contributed by atoms with Gasteiger partial charge in [-0.1, -0.05) is 192 Å². The smallest absolute Gasteiger partial charge is 0.407 e. The molecule has 4 heterocycles. The molecule has 2 aliphatic heterocycles. The first-order valence-electron chi connectivity index (χ1n) is 24.5. The standard InChI is InChI=1S/C58H54ClN7O7S3/c1-57(2,3)72-56(70)62-33-34-74-36-39-35-61-32-31-44(39)75-45-30-29-43-46(53(68)66(43)49(45)54(69)71-50(37-19-9-4-10-20-37)38-21-11-5-12-22-38)63-52(67)48(47-51(59)76-55(60)64-47)65-73-58(40-23-13-6-14-24-40,41-25-15-7-16-26-41)42-27-17-8-18-28-42/h4-28,31-32,35,43,46,50H,29-30,33-34,36H2,1-3H3,(H2,60,64)(H,62,70)(H,63,67)/b65-48+/t43?,46-/m1/s1. The molecule has 1 fully saturated rings. The third-order valence-electron chi connectivity index (χ3n) is 12.4. The fourth-order valence-electron chi connectivity index (χ4n) is 9.00. The number of benzene rings is 5. The number of carbonyl (C=O) groups is 4. The van der Waals surface area contributed by atoms with Gasteiger partial charge in [-0.3, -0.25) is 19.5 Å². The number of hydrogen-bond acceptors (Lipinski definition) is 14. The second-order valence-corrected chi connectivity index (χ2v) is 22.6. The number of halogens is 1. The van der Waals surface area contributed by atoms with Gasteiger partial charge in [-0.05, 0) is 56.4 Å². The Kier molecular flexibility index (Phi) is 16.9. The van der Waals surface area contributed by atoms with E-state index in [-0.39, 0.29) is 26.6 Å². The van der Waals surface area contributed by atoms with Crippen molar-refractivity contribution in [2.24, 2.45) is 5.16 Å². The number of aromatic nitrogens is 2. The minimum absolute atomic E-state index is 0.0293. The fraction of sp³-hybridized carbons (Fsp3) is 0.224. The first-order valence-corrected chi connectivity index (χ1v) is 27.7. The number of alkyl carbamates (subject to hydrolysis) is 1. The quantitative estimate of drug-likeness (QED) is 0.0174. The zero-order valence-corrected chi connectivity index (χ0v) is 45.0. The van der Waals surface area contributed by atoms with Crippen LogP contribution in [0.15, 0.2) is 191 Å². The van der Waals surface area contributed by atoms with Crippen LogP contribution in [0, 0.1) is 0 Å². The molecule has 5 aromatic carbocycles. The zero-order chi connectivity index (χ0) is 53.2. The van der Waals surface area contributed by atoms with Crippen molar-refractivity contribution < 1.29 is 33.5 Å². The molecule has 3 amide bonds. The minimum atomic E-state index is -1.38. The van der Waals surface area contributed by atoms with E-state index in [0.717, 1.165) is 49.6 Å². The Hall–Kier alpha value is -7.44. The van der Waals surface area contributed by atoms with Crippen LogP contribution in [-0.4, -0.2) is 74.4 Å².